The second-order valence-electron chi connectivity index (χ2n) is 5.67. The summed E-state index contributed by atoms with van der Waals surface area (Å²) in [5.41, 5.74) is 6.73. The minimum atomic E-state index is -0.383. The molecule has 1 fully saturated rings. The van der Waals surface area contributed by atoms with Crippen molar-refractivity contribution in [2.24, 2.45) is 11.7 Å². The average molecular weight is 295 g/mol. The molecular formula is C15H22FN3O2. The van der Waals surface area contributed by atoms with E-state index in [0.717, 1.165) is 0 Å². The highest BCUT2D eigenvalue weighted by Crippen LogP contribution is 2.24. The topological polar surface area (TPSA) is 67.6 Å². The summed E-state index contributed by atoms with van der Waals surface area (Å²) >= 11 is 0. The number of carbonyl (C=O) groups is 1. The zero-order valence-corrected chi connectivity index (χ0v) is 12.6. The van der Waals surface area contributed by atoms with Gasteiger partial charge in [-0.3, -0.25) is 4.79 Å². The largest absolute Gasteiger partial charge is 0.379 e. The van der Waals surface area contributed by atoms with Gasteiger partial charge < -0.3 is 20.7 Å². The molecule has 0 spiro atoms. The van der Waals surface area contributed by atoms with Gasteiger partial charge in [0.25, 0.3) is 0 Å². The molecule has 2 rings (SSSR count). The Morgan fingerprint density at radius 1 is 1.48 bits per heavy atom. The Labute approximate surface area is 124 Å². The van der Waals surface area contributed by atoms with Crippen molar-refractivity contribution in [3.8, 4) is 0 Å². The van der Waals surface area contributed by atoms with Crippen LogP contribution >= 0.6 is 0 Å². The molecule has 1 aromatic rings. The fourth-order valence-electron chi connectivity index (χ4n) is 2.22. The number of amides is 1. The molecule has 0 aromatic heterocycles. The third kappa shape index (κ3) is 3.51. The Balaban J connectivity index is 2.08. The number of nitrogens with two attached hydrogens (primary N) is 1. The summed E-state index contributed by atoms with van der Waals surface area (Å²) in [7, 11) is 1.83. The molecule has 0 bridgehead atoms. The van der Waals surface area contributed by atoms with Crippen molar-refractivity contribution in [3.63, 3.8) is 0 Å². The summed E-state index contributed by atoms with van der Waals surface area (Å²) in [5, 5.41) is 2.69. The molecule has 3 N–H and O–H groups in total. The maximum atomic E-state index is 14.1. The van der Waals surface area contributed by atoms with E-state index in [0.29, 0.717) is 24.6 Å². The summed E-state index contributed by atoms with van der Waals surface area (Å²) < 4.78 is 19.3. The van der Waals surface area contributed by atoms with E-state index in [1.165, 1.54) is 6.07 Å². The molecule has 0 saturated carbocycles. The Hall–Kier alpha value is -1.66. The van der Waals surface area contributed by atoms with Crippen LogP contribution in [0.2, 0.25) is 0 Å². The number of ether oxygens (including phenoxy) is 1. The minimum absolute atomic E-state index is 0.188. The number of rotatable bonds is 4. The van der Waals surface area contributed by atoms with E-state index in [-0.39, 0.29) is 29.7 Å². The van der Waals surface area contributed by atoms with Crippen LogP contribution in [0.25, 0.3) is 0 Å². The SMILES string of the molecule is CC(C)N(C)c1ccc(NC(=O)C2COCC2N)cc1F. The van der Waals surface area contributed by atoms with Gasteiger partial charge in [-0.2, -0.15) is 0 Å². The molecule has 1 heterocycles. The van der Waals surface area contributed by atoms with Gasteiger partial charge in [-0.15, -0.1) is 0 Å². The van der Waals surface area contributed by atoms with E-state index in [2.05, 4.69) is 5.32 Å². The van der Waals surface area contributed by atoms with Gasteiger partial charge in [0.1, 0.15) is 5.82 Å². The third-order valence-corrected chi connectivity index (χ3v) is 3.83. The van der Waals surface area contributed by atoms with E-state index >= 15 is 0 Å². The first-order valence-corrected chi connectivity index (χ1v) is 7.06. The molecule has 1 aromatic carbocycles. The highest BCUT2D eigenvalue weighted by atomic mass is 19.1. The number of hydrogen-bond donors (Lipinski definition) is 2. The predicted octanol–water partition coefficient (Wildman–Crippen LogP) is 1.58. The Bertz CT molecular complexity index is 522. The van der Waals surface area contributed by atoms with Crippen LogP contribution in [-0.2, 0) is 9.53 Å². The summed E-state index contributed by atoms with van der Waals surface area (Å²) in [6, 6.07) is 4.56. The summed E-state index contributed by atoms with van der Waals surface area (Å²) in [5.74, 6) is -0.980. The van der Waals surface area contributed by atoms with E-state index in [1.54, 1.807) is 12.1 Å². The van der Waals surface area contributed by atoms with Gasteiger partial charge in [0.15, 0.2) is 0 Å². The van der Waals surface area contributed by atoms with Gasteiger partial charge in [0, 0.05) is 24.8 Å². The van der Waals surface area contributed by atoms with Crippen LogP contribution in [0.3, 0.4) is 0 Å². The molecule has 1 amide bonds. The summed E-state index contributed by atoms with van der Waals surface area (Å²) in [4.78, 5) is 13.9. The van der Waals surface area contributed by atoms with Crippen LogP contribution in [0.1, 0.15) is 13.8 Å². The Morgan fingerprint density at radius 3 is 2.71 bits per heavy atom. The summed E-state index contributed by atoms with van der Waals surface area (Å²) in [6.07, 6.45) is 0. The minimum Gasteiger partial charge on any atom is -0.379 e. The first-order valence-electron chi connectivity index (χ1n) is 7.06. The predicted molar refractivity (Wildman–Crippen MR) is 80.9 cm³/mol. The molecule has 1 aliphatic rings. The van der Waals surface area contributed by atoms with Gasteiger partial charge in [-0.05, 0) is 32.0 Å². The number of nitrogens with zero attached hydrogens (tertiary/aromatic N) is 1. The Morgan fingerprint density at radius 2 is 2.19 bits per heavy atom. The zero-order valence-electron chi connectivity index (χ0n) is 12.6. The van der Waals surface area contributed by atoms with Gasteiger partial charge in [0.05, 0.1) is 24.8 Å². The van der Waals surface area contributed by atoms with Crippen LogP contribution in [0.15, 0.2) is 18.2 Å². The lowest BCUT2D eigenvalue weighted by molar-refractivity contribution is -0.120. The van der Waals surface area contributed by atoms with Crippen molar-refractivity contribution in [1.82, 2.24) is 0 Å². The zero-order chi connectivity index (χ0) is 15.6. The van der Waals surface area contributed by atoms with Crippen molar-refractivity contribution in [2.75, 3.05) is 30.5 Å². The quantitative estimate of drug-likeness (QED) is 0.885. The van der Waals surface area contributed by atoms with Crippen molar-refractivity contribution in [1.29, 1.82) is 0 Å². The van der Waals surface area contributed by atoms with Gasteiger partial charge in [0.2, 0.25) is 5.91 Å². The van der Waals surface area contributed by atoms with Crippen LogP contribution in [-0.4, -0.2) is 38.3 Å². The van der Waals surface area contributed by atoms with Gasteiger partial charge in [-0.25, -0.2) is 4.39 Å². The van der Waals surface area contributed by atoms with Crippen LogP contribution in [0.5, 0.6) is 0 Å². The molecule has 116 valence electrons. The van der Waals surface area contributed by atoms with E-state index in [9.17, 15) is 9.18 Å². The van der Waals surface area contributed by atoms with E-state index in [1.807, 2.05) is 25.8 Å². The van der Waals surface area contributed by atoms with Crippen molar-refractivity contribution in [3.05, 3.63) is 24.0 Å². The highest BCUT2D eigenvalue weighted by molar-refractivity contribution is 5.93. The van der Waals surface area contributed by atoms with Crippen LogP contribution < -0.4 is 16.0 Å². The number of anilines is 2. The highest BCUT2D eigenvalue weighted by Gasteiger charge is 2.31. The standard InChI is InChI=1S/C15H22FN3O2/c1-9(2)19(3)14-5-4-10(6-12(14)16)18-15(20)11-7-21-8-13(11)17/h4-6,9,11,13H,7-8,17H2,1-3H3,(H,18,20). The second kappa shape index (κ2) is 6.41. The van der Waals surface area contributed by atoms with Crippen molar-refractivity contribution < 1.29 is 13.9 Å². The number of carbonyl (C=O) groups excluding carboxylic acids is 1. The molecule has 2 unspecified atom stereocenters. The fraction of sp³-hybridized carbons (Fsp3) is 0.533. The molecule has 0 radical (unpaired) electrons. The maximum Gasteiger partial charge on any atom is 0.231 e. The molecule has 1 aliphatic heterocycles. The molecule has 21 heavy (non-hydrogen) atoms. The van der Waals surface area contributed by atoms with Gasteiger partial charge >= 0.3 is 0 Å². The summed E-state index contributed by atoms with van der Waals surface area (Å²) in [6.45, 7) is 4.65. The lowest BCUT2D eigenvalue weighted by Crippen LogP contribution is -2.37. The van der Waals surface area contributed by atoms with E-state index < -0.39 is 0 Å². The van der Waals surface area contributed by atoms with E-state index in [4.69, 9.17) is 10.5 Å². The van der Waals surface area contributed by atoms with Crippen LogP contribution in [0, 0.1) is 11.7 Å². The second-order valence-corrected chi connectivity index (χ2v) is 5.67. The van der Waals surface area contributed by atoms with Gasteiger partial charge in [-0.1, -0.05) is 0 Å². The first kappa shape index (κ1) is 15.7. The number of nitrogens with one attached hydrogen (secondary N) is 1. The molecule has 1 saturated heterocycles. The maximum absolute atomic E-state index is 14.1. The number of halogens is 1. The number of benzene rings is 1. The molecule has 5 nitrogen and oxygen atoms in total. The monoisotopic (exact) mass is 295 g/mol. The first-order chi connectivity index (χ1) is 9.90. The molecule has 6 heteroatoms. The molecular weight excluding hydrogens is 273 g/mol. The lowest BCUT2D eigenvalue weighted by atomic mass is 10.0. The van der Waals surface area contributed by atoms with Crippen molar-refractivity contribution in [2.45, 2.75) is 25.9 Å². The third-order valence-electron chi connectivity index (χ3n) is 3.83. The smallest absolute Gasteiger partial charge is 0.231 e. The fourth-order valence-corrected chi connectivity index (χ4v) is 2.22. The van der Waals surface area contributed by atoms with Crippen molar-refractivity contribution >= 4 is 17.3 Å². The molecule has 2 atom stereocenters. The average Bonchev–Trinajstić information content (AvgIpc) is 2.84. The normalized spacial score (nSPS) is 21.6. The molecule has 0 aliphatic carbocycles. The Kier molecular flexibility index (Phi) is 4.80. The van der Waals surface area contributed by atoms with Crippen LogP contribution in [0.4, 0.5) is 15.8 Å². The lowest BCUT2D eigenvalue weighted by Gasteiger charge is -2.24. The number of hydrogen-bond acceptors (Lipinski definition) is 4.